The van der Waals surface area contributed by atoms with E-state index in [1.54, 1.807) is 12.1 Å². The lowest BCUT2D eigenvalue weighted by atomic mass is 10.1. The van der Waals surface area contributed by atoms with Crippen LogP contribution in [0.15, 0.2) is 64.7 Å². The predicted octanol–water partition coefficient (Wildman–Crippen LogP) is 7.59. The van der Waals surface area contributed by atoms with Gasteiger partial charge in [-0.3, -0.25) is 44.3 Å². The molecule has 0 spiro atoms. The van der Waals surface area contributed by atoms with Crippen molar-refractivity contribution in [2.24, 2.45) is 10.1 Å². The molecule has 21 heteroatoms. The number of para-hydroxylation sites is 1. The quantitative estimate of drug-likeness (QED) is 0.0137. The number of ketones is 1. The molecule has 6 N–H and O–H groups in total. The molecule has 17 nitrogen and oxygen atoms in total. The summed E-state index contributed by atoms with van der Waals surface area (Å²) in [5, 5.41) is 48.2. The van der Waals surface area contributed by atoms with Crippen LogP contribution in [0.2, 0.25) is 0 Å². The number of Topliss-reactive ketones (excluding diaryl/α,β-unsaturated/α-hetero) is 1. The molecule has 0 fully saturated rings. The van der Waals surface area contributed by atoms with E-state index in [9.17, 15) is 39.6 Å². The van der Waals surface area contributed by atoms with E-state index in [1.165, 1.54) is 6.92 Å². The van der Waals surface area contributed by atoms with E-state index >= 15 is 0 Å². The number of hydroxylamine groups is 6. The zero-order valence-corrected chi connectivity index (χ0v) is 38.8. The third-order valence-corrected chi connectivity index (χ3v) is 9.55. The van der Waals surface area contributed by atoms with E-state index in [0.717, 1.165) is 48.7 Å². The van der Waals surface area contributed by atoms with Crippen LogP contribution in [0.4, 0.5) is 16.1 Å². The lowest BCUT2D eigenvalue weighted by molar-refractivity contribution is -0.166. The Morgan fingerprint density at radius 1 is 0.672 bits per heavy atom. The van der Waals surface area contributed by atoms with Crippen molar-refractivity contribution in [3.05, 3.63) is 54.6 Å². The molecule has 4 amide bonds. The Kier molecular flexibility index (Phi) is 34.3. The molecule has 0 unspecified atom stereocenters. The van der Waals surface area contributed by atoms with Gasteiger partial charge in [-0.2, -0.15) is 4.99 Å². The van der Waals surface area contributed by atoms with Gasteiger partial charge in [0.05, 0.1) is 15.8 Å². The molecular weight excluding hydrogens is 888 g/mol. The van der Waals surface area contributed by atoms with Crippen molar-refractivity contribution in [3.63, 3.8) is 0 Å². The fraction of sp³-hybridized carbons (Fsp3) is 0.535. The van der Waals surface area contributed by atoms with Crippen molar-refractivity contribution < 1.29 is 49.1 Å². The predicted molar refractivity (Wildman–Crippen MR) is 253 cm³/mol. The summed E-state index contributed by atoms with van der Waals surface area (Å²) in [6.07, 6.45) is 7.81. The van der Waals surface area contributed by atoms with Crippen LogP contribution in [0.3, 0.4) is 0 Å². The number of isothiocyanates is 2. The Bertz CT molecular complexity index is 1780. The molecular formula is C43H63FN8O9S3. The first kappa shape index (κ1) is 57.1. The highest BCUT2D eigenvalue weighted by atomic mass is 32.1. The number of anilines is 1. The SMILES string of the molecule is CC(=O)N(O)CCCCCNC(=O)CCC(=O)N(O)CCCCCCC(=O)CCC(=O)N(O)CCCCCNCCC(=S)Nc1ccc(N=C=S)cc1.S=C=NOc1ccccc1.[2H]F. The number of rotatable bonds is 32. The van der Waals surface area contributed by atoms with Crippen molar-refractivity contribution in [1.82, 2.24) is 25.8 Å². The van der Waals surface area contributed by atoms with Gasteiger partial charge in [0.25, 0.3) is 1.45 Å². The summed E-state index contributed by atoms with van der Waals surface area (Å²) in [5.74, 6) is -1.11. The van der Waals surface area contributed by atoms with Crippen LogP contribution in [0.5, 0.6) is 5.75 Å². The molecule has 0 aliphatic carbocycles. The molecule has 2 aromatic rings. The van der Waals surface area contributed by atoms with Gasteiger partial charge in [-0.05, 0) is 117 Å². The van der Waals surface area contributed by atoms with Crippen LogP contribution in [0.25, 0.3) is 0 Å². The first-order valence-electron chi connectivity index (χ1n) is 21.5. The Balaban J connectivity index is 0.00000295. The van der Waals surface area contributed by atoms with Crippen LogP contribution in [0.1, 0.15) is 110 Å². The topological polar surface area (TPSA) is 226 Å². The minimum Gasteiger partial charge on any atom is -0.356 e. The van der Waals surface area contributed by atoms with Gasteiger partial charge in [0.1, 0.15) is 10.9 Å². The number of carbonyl (C=O) groups excluding carboxylic acids is 5. The van der Waals surface area contributed by atoms with Crippen molar-refractivity contribution in [2.75, 3.05) is 44.6 Å². The van der Waals surface area contributed by atoms with Crippen LogP contribution < -0.4 is 20.8 Å². The molecule has 0 aromatic heterocycles. The second-order valence-corrected chi connectivity index (χ2v) is 15.1. The lowest BCUT2D eigenvalue weighted by Crippen LogP contribution is -2.31. The Labute approximate surface area is 392 Å². The van der Waals surface area contributed by atoms with Crippen LogP contribution in [-0.2, 0) is 24.0 Å². The third-order valence-electron chi connectivity index (χ3n) is 9.08. The van der Waals surface area contributed by atoms with E-state index in [2.05, 4.69) is 62.3 Å². The number of hydrogen-bond donors (Lipinski definition) is 6. The second kappa shape index (κ2) is 38.5. The van der Waals surface area contributed by atoms with Crippen LogP contribution >= 0.6 is 36.7 Å². The fourth-order valence-electron chi connectivity index (χ4n) is 5.54. The minimum absolute atomic E-state index is 0.0400. The number of carbonyl (C=O) groups is 5. The van der Waals surface area contributed by atoms with Crippen LogP contribution in [-0.4, -0.2) is 116 Å². The van der Waals surface area contributed by atoms with Gasteiger partial charge < -0.3 is 20.8 Å². The monoisotopic (exact) mass is 951 g/mol. The van der Waals surface area contributed by atoms with Gasteiger partial charge >= 0.3 is 0 Å². The van der Waals surface area contributed by atoms with E-state index < -0.39 is 17.7 Å². The summed E-state index contributed by atoms with van der Waals surface area (Å²) < 4.78 is 13.0. The van der Waals surface area contributed by atoms with Gasteiger partial charge in [-0.1, -0.05) is 49.7 Å². The van der Waals surface area contributed by atoms with Gasteiger partial charge in [-0.15, -0.1) is 0 Å². The highest BCUT2D eigenvalue weighted by Crippen LogP contribution is 2.16. The van der Waals surface area contributed by atoms with Crippen molar-refractivity contribution in [1.29, 1.82) is 1.45 Å². The zero-order valence-electron chi connectivity index (χ0n) is 37.4. The van der Waals surface area contributed by atoms with Gasteiger partial charge in [0, 0.05) is 83.9 Å². The summed E-state index contributed by atoms with van der Waals surface area (Å²) in [4.78, 5) is 68.8. The molecule has 0 aliphatic heterocycles. The molecule has 0 atom stereocenters. The lowest BCUT2D eigenvalue weighted by Gasteiger charge is -2.15. The largest absolute Gasteiger partial charge is 0.356 e. The fourth-order valence-corrected chi connectivity index (χ4v) is 5.90. The molecule has 0 saturated heterocycles. The molecule has 2 aromatic carbocycles. The molecule has 0 radical (unpaired) electrons. The third kappa shape index (κ3) is 31.8. The second-order valence-electron chi connectivity index (χ2n) is 14.2. The maximum Gasteiger partial charge on any atom is 0.269 e. The Morgan fingerprint density at radius 3 is 1.83 bits per heavy atom. The summed E-state index contributed by atoms with van der Waals surface area (Å²) in [6.45, 7) is 3.78. The number of unbranched alkanes of at least 4 members (excludes halogenated alkanes) is 7. The van der Waals surface area contributed by atoms with E-state index in [0.29, 0.717) is 85.3 Å². The summed E-state index contributed by atoms with van der Waals surface area (Å²) in [7, 11) is 0. The Hall–Kier alpha value is -4.95. The number of aliphatic imine (C=N–C) groups is 1. The normalized spacial score (nSPS) is 10.1. The van der Waals surface area contributed by atoms with Crippen molar-refractivity contribution in [3.8, 4) is 5.75 Å². The molecule has 0 aliphatic rings. The number of amides is 4. The van der Waals surface area contributed by atoms with E-state index in [4.69, 9.17) is 21.8 Å². The van der Waals surface area contributed by atoms with E-state index in [-0.39, 0.29) is 57.0 Å². The molecule has 0 saturated carbocycles. The molecule has 2 rings (SSSR count). The number of benzene rings is 2. The number of hydrogen-bond acceptors (Lipinski definition) is 15. The number of nitrogens with zero attached hydrogens (tertiary/aromatic N) is 5. The number of halogens is 1. The maximum atomic E-state index is 12.2. The number of nitrogens with one attached hydrogen (secondary N) is 3. The summed E-state index contributed by atoms with van der Waals surface area (Å²) in [6, 6.07) is 16.6. The highest BCUT2D eigenvalue weighted by Gasteiger charge is 2.15. The summed E-state index contributed by atoms with van der Waals surface area (Å²) in [5.41, 5.74) is 1.61. The molecule has 64 heavy (non-hydrogen) atoms. The molecule has 0 heterocycles. The van der Waals surface area contributed by atoms with Crippen molar-refractivity contribution >= 4 is 92.8 Å². The first-order valence-corrected chi connectivity index (χ1v) is 22.3. The highest BCUT2D eigenvalue weighted by molar-refractivity contribution is 7.80. The molecule has 354 valence electrons. The smallest absolute Gasteiger partial charge is 0.269 e. The van der Waals surface area contributed by atoms with Gasteiger partial charge in [0.15, 0.2) is 5.75 Å². The van der Waals surface area contributed by atoms with Gasteiger partial charge in [0.2, 0.25) is 23.6 Å². The average Bonchev–Trinajstić information content (AvgIpc) is 3.31. The van der Waals surface area contributed by atoms with E-state index in [1.807, 2.05) is 42.5 Å². The van der Waals surface area contributed by atoms with Crippen LogP contribution in [0, 0.1) is 0 Å². The standard InChI is InChI=1S/C36H57N7O8S2.C7H5NOS.FH/c1-29(44)41(49)25-10-5-8-23-38-33(46)18-20-36(48)43(51)26-9-3-2-6-12-32(45)17-19-35(47)42(50)27-11-4-7-22-37-24-21-34(53)40-31-15-13-30(14-16-31)39-28-52;10-6-8-9-7-4-2-1-3-5-7;/h13-16,37,49-51H,2-12,17-27H2,1H3,(H,38,46)(H,40,53);1-5H;1H/i/hD. The first-order chi connectivity index (χ1) is 31.4. The van der Waals surface area contributed by atoms with Crippen molar-refractivity contribution in [2.45, 2.75) is 110 Å². The zero-order chi connectivity index (χ0) is 48.5. The van der Waals surface area contributed by atoms with Gasteiger partial charge in [-0.25, -0.2) is 15.2 Å². The molecule has 0 bridgehead atoms. The maximum absolute atomic E-state index is 12.2. The average molecular weight is 952 g/mol. The minimum atomic E-state index is -0.540. The number of thiocarbonyl (C=S) groups is 3. The summed E-state index contributed by atoms with van der Waals surface area (Å²) >= 11 is 14.3. The Morgan fingerprint density at radius 2 is 1.23 bits per heavy atom.